The molecule has 2 aromatic rings. The van der Waals surface area contributed by atoms with Gasteiger partial charge in [0.25, 0.3) is 16.0 Å². The van der Waals surface area contributed by atoms with Crippen molar-refractivity contribution in [2.75, 3.05) is 42.4 Å². The molecule has 1 amide bonds. The smallest absolute Gasteiger partial charge is 0.329 e. The van der Waals surface area contributed by atoms with Crippen molar-refractivity contribution in [3.63, 3.8) is 0 Å². The second-order valence-corrected chi connectivity index (χ2v) is 13.8. The second-order valence-electron chi connectivity index (χ2n) is 9.18. The summed E-state index contributed by atoms with van der Waals surface area (Å²) in [5.74, 6) is -2.54. The Bertz CT molecular complexity index is 1620. The Labute approximate surface area is 248 Å². The van der Waals surface area contributed by atoms with Crippen molar-refractivity contribution in [2.45, 2.75) is 16.2 Å². The highest BCUT2D eigenvalue weighted by Gasteiger charge is 2.38. The lowest BCUT2D eigenvalue weighted by atomic mass is 10.1. The number of thioether (sulfide) groups is 1. The number of nitrogens with zero attached hydrogens (tertiary/aromatic N) is 2. The molecule has 2 aliphatic rings. The van der Waals surface area contributed by atoms with Crippen molar-refractivity contribution in [3.8, 4) is 0 Å². The van der Waals surface area contributed by atoms with E-state index in [2.05, 4.69) is 0 Å². The van der Waals surface area contributed by atoms with Crippen molar-refractivity contribution in [2.24, 2.45) is 0 Å². The third kappa shape index (κ3) is 7.12. The molecule has 0 radical (unpaired) electrons. The molecule has 0 saturated carbocycles. The van der Waals surface area contributed by atoms with E-state index in [0.29, 0.717) is 10.7 Å². The number of anilines is 2. The molecule has 0 aromatic heterocycles. The number of fused-ring (bicyclic) bond motifs is 2. The van der Waals surface area contributed by atoms with Gasteiger partial charge in [0.1, 0.15) is 18.1 Å². The molecule has 0 fully saturated rings. The van der Waals surface area contributed by atoms with Gasteiger partial charge in [-0.3, -0.25) is 23.2 Å². The molecule has 0 aliphatic carbocycles. The minimum Gasteiger partial charge on any atom is -0.480 e. The molecule has 0 spiro atoms. The summed E-state index contributed by atoms with van der Waals surface area (Å²) in [4.78, 5) is 39.8. The first-order valence-electron chi connectivity index (χ1n) is 12.4. The number of carboxylic acid groups (broad SMARTS) is 1. The Balaban J connectivity index is 1.55. The quantitative estimate of drug-likeness (QED) is 0.204. The molecule has 0 atom stereocenters. The Hall–Kier alpha value is -3.44. The Kier molecular flexibility index (Phi) is 9.62. The molecule has 2 heterocycles. The number of hydrogen-bond acceptors (Lipinski definition) is 10. The van der Waals surface area contributed by atoms with Crippen molar-refractivity contribution < 1.29 is 46.3 Å². The van der Waals surface area contributed by atoms with Gasteiger partial charge in [0.05, 0.1) is 21.4 Å². The number of hydrogen-bond donors (Lipinski definition) is 4. The molecule has 2 aromatic carbocycles. The highest BCUT2D eigenvalue weighted by molar-refractivity contribution is 8.28. The maximum Gasteiger partial charge on any atom is 0.329 e. The lowest BCUT2D eigenvalue weighted by Gasteiger charge is -2.27. The summed E-state index contributed by atoms with van der Waals surface area (Å²) in [7, 11) is -6.07. The second kappa shape index (κ2) is 12.8. The third-order valence-electron chi connectivity index (χ3n) is 6.28. The summed E-state index contributed by atoms with van der Waals surface area (Å²) in [6, 6.07) is 11.5. The monoisotopic (exact) mass is 636 g/mol. The standard InChI is InChI=1S/C27H28N2O10S3/c1-28(24(30)16-39-17-26(31)32)18-11-12-20-21(15-18)40-25(29(20)13-6-14-41(34,35)36)10-5-4-9-23-27(33)19-7-2-3-8-22(19)42(23,37)38/h2-5,7-12,15,37-38H,6,13-14,16-17H2,1H3,(H,31,32)(H,34,35,36). The van der Waals surface area contributed by atoms with Gasteiger partial charge in [-0.05, 0) is 48.9 Å². The van der Waals surface area contributed by atoms with Crippen LogP contribution in [0.15, 0.2) is 86.5 Å². The summed E-state index contributed by atoms with van der Waals surface area (Å²) < 4.78 is 57.9. The highest BCUT2D eigenvalue weighted by Crippen LogP contribution is 2.62. The fraction of sp³-hybridized carbons (Fsp3) is 0.222. The number of rotatable bonds is 11. The summed E-state index contributed by atoms with van der Waals surface area (Å²) in [5, 5.41) is 9.37. The summed E-state index contributed by atoms with van der Waals surface area (Å²) >= 11 is 1.34. The average Bonchev–Trinajstić information content (AvgIpc) is 3.36. The van der Waals surface area contributed by atoms with E-state index in [-0.39, 0.29) is 28.3 Å². The molecule has 0 saturated heterocycles. The molecular weight excluding hydrogens is 609 g/mol. The zero-order chi connectivity index (χ0) is 30.7. The Morgan fingerprint density at radius 3 is 2.50 bits per heavy atom. The first kappa shape index (κ1) is 31.5. The Morgan fingerprint density at radius 2 is 1.81 bits per heavy atom. The molecule has 42 heavy (non-hydrogen) atoms. The minimum absolute atomic E-state index is 0.115. The van der Waals surface area contributed by atoms with Crippen LogP contribution in [0.2, 0.25) is 0 Å². The van der Waals surface area contributed by atoms with Gasteiger partial charge >= 0.3 is 5.97 Å². The van der Waals surface area contributed by atoms with E-state index in [0.717, 1.165) is 10.6 Å². The van der Waals surface area contributed by atoms with E-state index >= 15 is 0 Å². The normalized spacial score (nSPS) is 18.5. The molecule has 4 N–H and O–H groups in total. The largest absolute Gasteiger partial charge is 0.480 e. The number of amides is 1. The number of carbonyl (C=O) groups excluding carboxylic acids is 2. The molecular formula is C27H28N2O10S3. The zero-order valence-electron chi connectivity index (χ0n) is 22.2. The van der Waals surface area contributed by atoms with Crippen LogP contribution < -0.4 is 9.80 Å². The number of carboxylic acids is 1. The van der Waals surface area contributed by atoms with Crippen LogP contribution in [0.5, 0.6) is 0 Å². The van der Waals surface area contributed by atoms with Gasteiger partial charge in [-0.25, -0.2) is 4.79 Å². The van der Waals surface area contributed by atoms with E-state index in [1.807, 2.05) is 4.90 Å². The number of allylic oxidation sites excluding steroid dienone is 5. The van der Waals surface area contributed by atoms with Gasteiger partial charge in [0.15, 0.2) is 0 Å². The van der Waals surface area contributed by atoms with Crippen LogP contribution in [-0.4, -0.2) is 77.4 Å². The summed E-state index contributed by atoms with van der Waals surface area (Å²) in [6.45, 7) is -0.777. The van der Waals surface area contributed by atoms with Crippen molar-refractivity contribution >= 4 is 61.5 Å². The van der Waals surface area contributed by atoms with Gasteiger partial charge in [-0.15, -0.1) is 10.6 Å². The van der Waals surface area contributed by atoms with Crippen LogP contribution >= 0.6 is 22.4 Å². The SMILES string of the molecule is CN(C(=O)COCC(=O)O)c1ccc2c(c1)SC(=CC=CC=C1C(=O)c3ccccc3S1(O)O)N2CCCS(=O)(=O)O. The first-order valence-corrected chi connectivity index (χ1v) is 16.4. The van der Waals surface area contributed by atoms with Gasteiger partial charge in [-0.2, -0.15) is 8.42 Å². The van der Waals surface area contributed by atoms with Gasteiger partial charge in [0, 0.05) is 29.7 Å². The third-order valence-corrected chi connectivity index (χ3v) is 10.1. The van der Waals surface area contributed by atoms with Gasteiger partial charge < -0.3 is 19.6 Å². The predicted molar refractivity (Wildman–Crippen MR) is 160 cm³/mol. The van der Waals surface area contributed by atoms with Crippen molar-refractivity contribution in [1.29, 1.82) is 0 Å². The van der Waals surface area contributed by atoms with Crippen LogP contribution in [0.3, 0.4) is 0 Å². The number of benzene rings is 2. The number of ketones is 1. The summed E-state index contributed by atoms with van der Waals surface area (Å²) in [6.07, 6.45) is 6.31. The van der Waals surface area contributed by atoms with Crippen LogP contribution in [0.25, 0.3) is 0 Å². The average molecular weight is 637 g/mol. The molecule has 12 nitrogen and oxygen atoms in total. The molecule has 0 bridgehead atoms. The number of ether oxygens (including phenoxy) is 1. The predicted octanol–water partition coefficient (Wildman–Crippen LogP) is 4.23. The number of aliphatic carboxylic acids is 1. The number of likely N-dealkylation sites (N-methyl/N-ethyl adjacent to an activating group) is 1. The summed E-state index contributed by atoms with van der Waals surface area (Å²) in [5.41, 5.74) is 1.50. The van der Waals surface area contributed by atoms with E-state index in [1.165, 1.54) is 48.0 Å². The minimum atomic E-state index is -4.17. The maximum atomic E-state index is 12.7. The molecule has 15 heteroatoms. The van der Waals surface area contributed by atoms with E-state index in [9.17, 15) is 31.9 Å². The molecule has 224 valence electrons. The van der Waals surface area contributed by atoms with E-state index in [4.69, 9.17) is 14.4 Å². The number of carbonyl (C=O) groups is 3. The highest BCUT2D eigenvalue weighted by atomic mass is 32.3. The van der Waals surface area contributed by atoms with E-state index < -0.39 is 57.3 Å². The van der Waals surface area contributed by atoms with Crippen molar-refractivity contribution in [3.05, 3.63) is 82.3 Å². The zero-order valence-corrected chi connectivity index (χ0v) is 24.7. The van der Waals surface area contributed by atoms with Crippen LogP contribution in [0.4, 0.5) is 11.4 Å². The van der Waals surface area contributed by atoms with Crippen LogP contribution in [0.1, 0.15) is 16.8 Å². The van der Waals surface area contributed by atoms with E-state index in [1.54, 1.807) is 42.5 Å². The lowest BCUT2D eigenvalue weighted by Crippen LogP contribution is -2.31. The van der Waals surface area contributed by atoms with Gasteiger partial charge in [-0.1, -0.05) is 36.0 Å². The Morgan fingerprint density at radius 1 is 1.10 bits per heavy atom. The first-order chi connectivity index (χ1) is 19.8. The number of Topliss-reactive ketones (excluding diaryl/α,β-unsaturated/α-hetero) is 1. The van der Waals surface area contributed by atoms with Gasteiger partial charge in [0.2, 0.25) is 5.78 Å². The van der Waals surface area contributed by atoms with Crippen molar-refractivity contribution in [1.82, 2.24) is 0 Å². The fourth-order valence-electron chi connectivity index (χ4n) is 4.26. The maximum absolute atomic E-state index is 12.7. The topological polar surface area (TPSA) is 182 Å². The fourth-order valence-corrected chi connectivity index (χ4v) is 7.50. The van der Waals surface area contributed by atoms with Crippen LogP contribution in [-0.2, 0) is 24.4 Å². The lowest BCUT2D eigenvalue weighted by molar-refractivity contribution is -0.143. The molecule has 4 rings (SSSR count). The molecule has 2 aliphatic heterocycles. The van der Waals surface area contributed by atoms with Crippen LogP contribution in [0, 0.1) is 0 Å². The molecule has 0 unspecified atom stereocenters.